The Morgan fingerprint density at radius 3 is 2.30 bits per heavy atom. The molecule has 0 aliphatic carbocycles. The maximum Gasteiger partial charge on any atom is 0.223 e. The monoisotopic (exact) mass is 474 g/mol. The zero-order valence-corrected chi connectivity index (χ0v) is 20.4. The second-order valence-electron chi connectivity index (χ2n) is 8.22. The van der Waals surface area contributed by atoms with Crippen LogP contribution in [0.5, 0.6) is 11.5 Å². The first-order valence-corrected chi connectivity index (χ1v) is 13.2. The fraction of sp³-hybridized carbons (Fsp3) is 0.480. The second-order valence-corrected chi connectivity index (χ2v) is 10.2. The summed E-state index contributed by atoms with van der Waals surface area (Å²) in [7, 11) is -3.39. The summed E-state index contributed by atoms with van der Waals surface area (Å²) in [4.78, 5) is 12.9. The summed E-state index contributed by atoms with van der Waals surface area (Å²) >= 11 is 0. The molecule has 0 saturated carbocycles. The van der Waals surface area contributed by atoms with Gasteiger partial charge in [0.15, 0.2) is 11.5 Å². The number of hydrogen-bond acceptors (Lipinski definition) is 5. The van der Waals surface area contributed by atoms with Gasteiger partial charge in [0.1, 0.15) is 0 Å². The molecule has 33 heavy (non-hydrogen) atoms. The van der Waals surface area contributed by atoms with Crippen LogP contribution in [0.1, 0.15) is 50.8 Å². The van der Waals surface area contributed by atoms with Gasteiger partial charge in [-0.3, -0.25) is 4.79 Å². The highest BCUT2D eigenvalue weighted by molar-refractivity contribution is 7.88. The average molecular weight is 475 g/mol. The predicted octanol–water partition coefficient (Wildman–Crippen LogP) is 3.90. The number of carbonyl (C=O) groups excluding carboxylic acids is 1. The molecule has 1 heterocycles. The van der Waals surface area contributed by atoms with Crippen LogP contribution in [-0.4, -0.2) is 44.9 Å². The Labute approximate surface area is 197 Å². The molecule has 0 spiro atoms. The molecule has 0 aromatic heterocycles. The zero-order valence-electron chi connectivity index (χ0n) is 19.6. The summed E-state index contributed by atoms with van der Waals surface area (Å²) in [6.07, 6.45) is 1.03. The first-order chi connectivity index (χ1) is 15.8. The van der Waals surface area contributed by atoms with Crippen molar-refractivity contribution in [1.29, 1.82) is 0 Å². The molecule has 2 aromatic rings. The third kappa shape index (κ3) is 6.71. The number of nitrogens with zero attached hydrogens (tertiary/aromatic N) is 1. The zero-order chi connectivity index (χ0) is 23.8. The fourth-order valence-corrected chi connectivity index (χ4v) is 5.59. The van der Waals surface area contributed by atoms with Crippen molar-refractivity contribution in [3.63, 3.8) is 0 Å². The first-order valence-electron chi connectivity index (χ1n) is 11.6. The van der Waals surface area contributed by atoms with Crippen LogP contribution in [0.25, 0.3) is 0 Å². The van der Waals surface area contributed by atoms with Gasteiger partial charge in [-0.15, -0.1) is 0 Å². The molecule has 0 radical (unpaired) electrons. The summed E-state index contributed by atoms with van der Waals surface area (Å²) in [5.74, 6) is 1.08. The molecule has 0 unspecified atom stereocenters. The molecule has 1 aliphatic rings. The van der Waals surface area contributed by atoms with Gasteiger partial charge in [0.25, 0.3) is 0 Å². The Morgan fingerprint density at radius 2 is 1.67 bits per heavy atom. The van der Waals surface area contributed by atoms with E-state index in [0.717, 1.165) is 11.1 Å². The van der Waals surface area contributed by atoms with Crippen molar-refractivity contribution >= 4 is 15.9 Å². The van der Waals surface area contributed by atoms with E-state index in [1.807, 2.05) is 69.3 Å². The minimum Gasteiger partial charge on any atom is -0.490 e. The number of sulfonamides is 1. The van der Waals surface area contributed by atoms with Crippen LogP contribution in [0.15, 0.2) is 48.5 Å². The number of carbonyl (C=O) groups is 1. The highest BCUT2D eigenvalue weighted by Gasteiger charge is 2.31. The van der Waals surface area contributed by atoms with Crippen LogP contribution in [-0.2, 0) is 20.6 Å². The topological polar surface area (TPSA) is 84.9 Å². The maximum absolute atomic E-state index is 12.9. The van der Waals surface area contributed by atoms with Crippen molar-refractivity contribution in [1.82, 2.24) is 9.62 Å². The van der Waals surface area contributed by atoms with Crippen LogP contribution in [0.2, 0.25) is 0 Å². The van der Waals surface area contributed by atoms with Crippen molar-refractivity contribution in [2.45, 2.75) is 45.4 Å². The van der Waals surface area contributed by atoms with E-state index in [2.05, 4.69) is 5.32 Å². The van der Waals surface area contributed by atoms with Gasteiger partial charge in [-0.1, -0.05) is 36.4 Å². The molecule has 1 amide bonds. The van der Waals surface area contributed by atoms with E-state index >= 15 is 0 Å². The highest BCUT2D eigenvalue weighted by atomic mass is 32.2. The van der Waals surface area contributed by atoms with Crippen molar-refractivity contribution in [3.8, 4) is 11.5 Å². The lowest BCUT2D eigenvalue weighted by molar-refractivity contribution is -0.126. The Morgan fingerprint density at radius 1 is 1.03 bits per heavy atom. The third-order valence-electron chi connectivity index (χ3n) is 5.84. The smallest absolute Gasteiger partial charge is 0.223 e. The summed E-state index contributed by atoms with van der Waals surface area (Å²) in [5, 5.41) is 3.08. The van der Waals surface area contributed by atoms with Gasteiger partial charge < -0.3 is 14.8 Å². The molecular weight excluding hydrogens is 440 g/mol. The normalized spacial score (nSPS) is 16.2. The number of hydrogen-bond donors (Lipinski definition) is 1. The van der Waals surface area contributed by atoms with Crippen molar-refractivity contribution in [3.05, 3.63) is 59.7 Å². The van der Waals surface area contributed by atoms with Crippen LogP contribution in [0, 0.1) is 5.92 Å². The molecular formula is C25H34N2O5S. The number of ether oxygens (including phenoxy) is 2. The van der Waals surface area contributed by atoms with E-state index in [1.165, 1.54) is 4.31 Å². The molecule has 1 fully saturated rings. The fourth-order valence-electron chi connectivity index (χ4n) is 4.02. The number of nitrogens with one attached hydrogen (secondary N) is 1. The Balaban J connectivity index is 1.56. The lowest BCUT2D eigenvalue weighted by Crippen LogP contribution is -2.43. The number of piperidine rings is 1. The van der Waals surface area contributed by atoms with Gasteiger partial charge in [0, 0.05) is 19.0 Å². The standard InChI is InChI=1S/C25H34N2O5S/c1-4-31-23-12-11-22(17-24(23)32-5-2)19(3)26-25(28)21-13-15-27(16-14-21)33(29,30)18-20-9-7-6-8-10-20/h6-12,17,19,21H,4-5,13-16,18H2,1-3H3,(H,26,28)/t19-/m0/s1. The van der Waals surface area contributed by atoms with Crippen LogP contribution in [0.3, 0.4) is 0 Å². The number of benzene rings is 2. The highest BCUT2D eigenvalue weighted by Crippen LogP contribution is 2.31. The molecule has 8 heteroatoms. The van der Waals surface area contributed by atoms with Gasteiger partial charge in [-0.25, -0.2) is 12.7 Å². The quantitative estimate of drug-likeness (QED) is 0.565. The second kappa shape index (κ2) is 11.5. The van der Waals surface area contributed by atoms with Gasteiger partial charge in [-0.2, -0.15) is 0 Å². The van der Waals surface area contributed by atoms with E-state index in [4.69, 9.17) is 9.47 Å². The van der Waals surface area contributed by atoms with Crippen LogP contribution in [0.4, 0.5) is 0 Å². The third-order valence-corrected chi connectivity index (χ3v) is 7.69. The molecule has 1 saturated heterocycles. The number of amides is 1. The first kappa shape index (κ1) is 25.1. The van der Waals surface area contributed by atoms with Crippen molar-refractivity contribution in [2.75, 3.05) is 26.3 Å². The molecule has 1 aliphatic heterocycles. The van der Waals surface area contributed by atoms with Crippen molar-refractivity contribution in [2.24, 2.45) is 5.92 Å². The van der Waals surface area contributed by atoms with E-state index in [0.29, 0.717) is 50.6 Å². The summed E-state index contributed by atoms with van der Waals surface area (Å²) in [5.41, 5.74) is 1.70. The molecule has 180 valence electrons. The Bertz CT molecular complexity index is 1020. The Kier molecular flexibility index (Phi) is 8.74. The predicted molar refractivity (Wildman–Crippen MR) is 129 cm³/mol. The molecule has 7 nitrogen and oxygen atoms in total. The van der Waals surface area contributed by atoms with Crippen LogP contribution >= 0.6 is 0 Å². The average Bonchev–Trinajstić information content (AvgIpc) is 2.81. The lowest BCUT2D eigenvalue weighted by Gasteiger charge is -2.31. The van der Waals surface area contributed by atoms with Gasteiger partial charge >= 0.3 is 0 Å². The lowest BCUT2D eigenvalue weighted by atomic mass is 9.96. The number of rotatable bonds is 10. The maximum atomic E-state index is 12.9. The molecule has 0 bridgehead atoms. The largest absolute Gasteiger partial charge is 0.490 e. The van der Waals surface area contributed by atoms with E-state index in [9.17, 15) is 13.2 Å². The van der Waals surface area contributed by atoms with E-state index in [-0.39, 0.29) is 23.6 Å². The molecule has 1 N–H and O–H groups in total. The molecule has 1 atom stereocenters. The summed E-state index contributed by atoms with van der Waals surface area (Å²) in [6.45, 7) is 7.56. The van der Waals surface area contributed by atoms with E-state index < -0.39 is 10.0 Å². The van der Waals surface area contributed by atoms with Gasteiger partial charge in [-0.05, 0) is 56.9 Å². The van der Waals surface area contributed by atoms with Gasteiger partial charge in [0.05, 0.1) is 25.0 Å². The van der Waals surface area contributed by atoms with E-state index in [1.54, 1.807) is 0 Å². The van der Waals surface area contributed by atoms with Crippen LogP contribution < -0.4 is 14.8 Å². The minimum atomic E-state index is -3.39. The Hall–Kier alpha value is -2.58. The van der Waals surface area contributed by atoms with Crippen molar-refractivity contribution < 1.29 is 22.7 Å². The summed E-state index contributed by atoms with van der Waals surface area (Å²) in [6, 6.07) is 14.7. The summed E-state index contributed by atoms with van der Waals surface area (Å²) < 4.78 is 38.3. The SMILES string of the molecule is CCOc1ccc([C@H](C)NC(=O)C2CCN(S(=O)(=O)Cc3ccccc3)CC2)cc1OCC. The minimum absolute atomic E-state index is 0.0123. The van der Waals surface area contributed by atoms with Gasteiger partial charge in [0.2, 0.25) is 15.9 Å². The molecule has 3 rings (SSSR count). The molecule has 2 aromatic carbocycles.